The Morgan fingerprint density at radius 3 is 2.59 bits per heavy atom. The molecule has 2 aromatic rings. The van der Waals surface area contributed by atoms with E-state index in [9.17, 15) is 19.2 Å². The van der Waals surface area contributed by atoms with E-state index in [-0.39, 0.29) is 24.7 Å². The number of rotatable bonds is 7. The van der Waals surface area contributed by atoms with Gasteiger partial charge in [0.1, 0.15) is 11.4 Å². The van der Waals surface area contributed by atoms with E-state index in [1.54, 1.807) is 24.3 Å². The number of amides is 4. The van der Waals surface area contributed by atoms with Crippen LogP contribution in [0.4, 0.5) is 0 Å². The Bertz CT molecular complexity index is 1040. The van der Waals surface area contributed by atoms with Gasteiger partial charge in [-0.1, -0.05) is 33.4 Å². The van der Waals surface area contributed by atoms with E-state index < -0.39 is 23.6 Å². The van der Waals surface area contributed by atoms with E-state index in [2.05, 4.69) is 48.4 Å². The summed E-state index contributed by atoms with van der Waals surface area (Å²) in [6, 6.07) is 7.01. The highest BCUT2D eigenvalue weighted by Crippen LogP contribution is 2.25. The summed E-state index contributed by atoms with van der Waals surface area (Å²) >= 11 is 0. The summed E-state index contributed by atoms with van der Waals surface area (Å²) in [5.74, 6) is -0.767. The molecule has 1 saturated heterocycles. The fraction of sp³-hybridized carbons (Fsp3) is 0.417. The van der Waals surface area contributed by atoms with Gasteiger partial charge in [-0.15, -0.1) is 0 Å². The lowest BCUT2D eigenvalue weighted by Crippen LogP contribution is -2.51. The molecule has 10 heteroatoms. The van der Waals surface area contributed by atoms with Crippen LogP contribution in [0.2, 0.25) is 0 Å². The van der Waals surface area contributed by atoms with Crippen LogP contribution in [0.15, 0.2) is 36.9 Å². The van der Waals surface area contributed by atoms with Crippen LogP contribution in [-0.4, -0.2) is 60.4 Å². The third-order valence-corrected chi connectivity index (χ3v) is 4.76. The zero-order valence-electron chi connectivity index (χ0n) is 20.1. The number of hydrogen-bond acceptors (Lipinski definition) is 5. The van der Waals surface area contributed by atoms with E-state index in [4.69, 9.17) is 4.74 Å². The Balaban J connectivity index is 0.000000945. The first kappa shape index (κ1) is 26.4. The normalized spacial score (nSPS) is 14.6. The molecule has 3 rings (SSSR count). The van der Waals surface area contributed by atoms with Crippen LogP contribution in [0.25, 0.3) is 10.9 Å². The third-order valence-electron chi connectivity index (χ3n) is 4.76. The van der Waals surface area contributed by atoms with E-state index in [1.807, 2.05) is 0 Å². The first-order valence-electron chi connectivity index (χ1n) is 11.1. The molecule has 2 heterocycles. The molecule has 4 amide bonds. The SMILES string of the molecule is C=CC(=O)N(CC1CCNC1=O)NC(=O)CNC(=O)c1cc2c(OC)cccc2[nH]1.CC(C)C. The molecule has 10 nitrogen and oxygen atoms in total. The summed E-state index contributed by atoms with van der Waals surface area (Å²) in [5.41, 5.74) is 3.41. The molecule has 1 unspecified atom stereocenters. The predicted molar refractivity (Wildman–Crippen MR) is 129 cm³/mol. The van der Waals surface area contributed by atoms with Crippen molar-refractivity contribution in [2.45, 2.75) is 27.2 Å². The Hall–Kier alpha value is -3.82. The molecular weight excluding hydrogens is 438 g/mol. The molecule has 1 aliphatic heterocycles. The van der Waals surface area contributed by atoms with E-state index in [0.717, 1.165) is 27.9 Å². The number of aromatic nitrogens is 1. The number of nitrogens with one attached hydrogen (secondary N) is 4. The first-order valence-corrected chi connectivity index (χ1v) is 11.1. The number of methoxy groups -OCH3 is 1. The lowest BCUT2D eigenvalue weighted by molar-refractivity contribution is -0.139. The smallest absolute Gasteiger partial charge is 0.268 e. The van der Waals surface area contributed by atoms with Gasteiger partial charge in [0.25, 0.3) is 17.7 Å². The van der Waals surface area contributed by atoms with Crippen molar-refractivity contribution < 1.29 is 23.9 Å². The average molecular weight is 472 g/mol. The quantitative estimate of drug-likeness (QED) is 0.361. The van der Waals surface area contributed by atoms with Gasteiger partial charge in [-0.25, -0.2) is 5.01 Å². The minimum Gasteiger partial charge on any atom is -0.496 e. The second kappa shape index (κ2) is 12.4. The minimum atomic E-state index is -0.606. The molecule has 184 valence electrons. The number of ether oxygens (including phenoxy) is 1. The van der Waals surface area contributed by atoms with Crippen LogP contribution in [0.5, 0.6) is 5.75 Å². The van der Waals surface area contributed by atoms with Crippen LogP contribution < -0.4 is 20.8 Å². The number of H-pyrrole nitrogens is 1. The minimum absolute atomic E-state index is 0.0260. The number of aromatic amines is 1. The molecule has 0 bridgehead atoms. The molecule has 4 N–H and O–H groups in total. The fourth-order valence-electron chi connectivity index (χ4n) is 3.21. The maximum atomic E-state index is 12.4. The van der Waals surface area contributed by atoms with E-state index >= 15 is 0 Å². The molecule has 0 radical (unpaired) electrons. The van der Waals surface area contributed by atoms with E-state index in [0.29, 0.717) is 18.7 Å². The topological polar surface area (TPSA) is 133 Å². The largest absolute Gasteiger partial charge is 0.496 e. The van der Waals surface area contributed by atoms with Gasteiger partial charge in [-0.3, -0.25) is 24.6 Å². The molecule has 1 aromatic heterocycles. The molecule has 0 spiro atoms. The molecule has 1 atom stereocenters. The number of carbonyl (C=O) groups is 4. The highest BCUT2D eigenvalue weighted by atomic mass is 16.5. The highest BCUT2D eigenvalue weighted by Gasteiger charge is 2.28. The van der Waals surface area contributed by atoms with Crippen LogP contribution in [0, 0.1) is 11.8 Å². The second-order valence-electron chi connectivity index (χ2n) is 8.48. The number of hydrogen-bond donors (Lipinski definition) is 4. The Morgan fingerprint density at radius 2 is 2.00 bits per heavy atom. The fourth-order valence-corrected chi connectivity index (χ4v) is 3.21. The average Bonchev–Trinajstić information content (AvgIpc) is 3.42. The van der Waals surface area contributed by atoms with Gasteiger partial charge in [0.15, 0.2) is 0 Å². The third kappa shape index (κ3) is 7.36. The second-order valence-corrected chi connectivity index (χ2v) is 8.48. The van der Waals surface area contributed by atoms with Crippen molar-refractivity contribution in [3.05, 3.63) is 42.6 Å². The Labute approximate surface area is 199 Å². The van der Waals surface area contributed by atoms with Crippen molar-refractivity contribution in [1.29, 1.82) is 0 Å². The van der Waals surface area contributed by atoms with Crippen LogP contribution in [-0.2, 0) is 14.4 Å². The lowest BCUT2D eigenvalue weighted by atomic mass is 10.1. The number of nitrogens with zero attached hydrogens (tertiary/aromatic N) is 1. The lowest BCUT2D eigenvalue weighted by Gasteiger charge is -2.24. The van der Waals surface area contributed by atoms with Crippen molar-refractivity contribution in [2.75, 3.05) is 26.7 Å². The van der Waals surface area contributed by atoms with Crippen molar-refractivity contribution >= 4 is 34.5 Å². The standard InChI is InChI=1S/C20H23N5O5.C4H10/c1-3-18(27)25(11-12-7-8-21-19(12)28)24-17(26)10-22-20(29)15-9-13-14(23-15)5-4-6-16(13)30-2;1-4(2)3/h3-6,9,12,23H,1,7-8,10-11H2,2H3,(H,21,28)(H,22,29)(H,24,26);4H,1-3H3. The van der Waals surface area contributed by atoms with Crippen LogP contribution >= 0.6 is 0 Å². The number of fused-ring (bicyclic) bond motifs is 1. The molecular formula is C24H33N5O5. The van der Waals surface area contributed by atoms with Gasteiger partial charge in [-0.05, 0) is 36.6 Å². The van der Waals surface area contributed by atoms with Gasteiger partial charge in [0, 0.05) is 17.4 Å². The van der Waals surface area contributed by atoms with Crippen LogP contribution in [0.3, 0.4) is 0 Å². The van der Waals surface area contributed by atoms with Gasteiger partial charge in [0.05, 0.1) is 26.1 Å². The van der Waals surface area contributed by atoms with E-state index in [1.165, 1.54) is 7.11 Å². The molecule has 0 saturated carbocycles. The molecule has 1 fully saturated rings. The Kier molecular flexibility index (Phi) is 9.66. The molecule has 34 heavy (non-hydrogen) atoms. The van der Waals surface area contributed by atoms with Gasteiger partial charge in [0.2, 0.25) is 5.91 Å². The summed E-state index contributed by atoms with van der Waals surface area (Å²) in [7, 11) is 1.54. The zero-order valence-corrected chi connectivity index (χ0v) is 20.1. The summed E-state index contributed by atoms with van der Waals surface area (Å²) < 4.78 is 5.27. The summed E-state index contributed by atoms with van der Waals surface area (Å²) in [4.78, 5) is 51.4. The summed E-state index contributed by atoms with van der Waals surface area (Å²) in [6.07, 6.45) is 1.61. The van der Waals surface area contributed by atoms with Crippen molar-refractivity contribution in [3.63, 3.8) is 0 Å². The van der Waals surface area contributed by atoms with Crippen LogP contribution in [0.1, 0.15) is 37.7 Å². The molecule has 1 aliphatic rings. The predicted octanol–water partition coefficient (Wildman–Crippen LogP) is 1.75. The Morgan fingerprint density at radius 1 is 1.29 bits per heavy atom. The maximum Gasteiger partial charge on any atom is 0.268 e. The van der Waals surface area contributed by atoms with Gasteiger partial charge in [-0.2, -0.15) is 0 Å². The zero-order chi connectivity index (χ0) is 25.3. The maximum absolute atomic E-state index is 12.4. The van der Waals surface area contributed by atoms with Crippen molar-refractivity contribution in [3.8, 4) is 5.75 Å². The number of benzene rings is 1. The summed E-state index contributed by atoms with van der Waals surface area (Å²) in [6.45, 7) is 10.1. The number of hydrazine groups is 1. The van der Waals surface area contributed by atoms with Crippen molar-refractivity contribution in [1.82, 2.24) is 26.1 Å². The van der Waals surface area contributed by atoms with Gasteiger partial charge < -0.3 is 20.4 Å². The molecule has 1 aromatic carbocycles. The first-order chi connectivity index (χ1) is 16.2. The number of carbonyl (C=O) groups excluding carboxylic acids is 4. The van der Waals surface area contributed by atoms with Gasteiger partial charge >= 0.3 is 0 Å². The highest BCUT2D eigenvalue weighted by molar-refractivity contribution is 6.01. The monoisotopic (exact) mass is 471 g/mol. The summed E-state index contributed by atoms with van der Waals surface area (Å²) in [5, 5.41) is 6.95. The van der Waals surface area contributed by atoms with Crippen molar-refractivity contribution in [2.24, 2.45) is 11.8 Å². The molecule has 0 aliphatic carbocycles.